The van der Waals surface area contributed by atoms with E-state index in [1.807, 2.05) is 54.6 Å². The van der Waals surface area contributed by atoms with E-state index in [-0.39, 0.29) is 4.90 Å². The van der Waals surface area contributed by atoms with E-state index in [4.69, 9.17) is 4.74 Å². The van der Waals surface area contributed by atoms with Crippen molar-refractivity contribution in [2.45, 2.75) is 25.3 Å². The fourth-order valence-corrected chi connectivity index (χ4v) is 4.31. The molecule has 0 amide bonds. The van der Waals surface area contributed by atoms with Crippen molar-refractivity contribution < 1.29 is 13.2 Å². The normalized spacial score (nSPS) is 11.7. The predicted molar refractivity (Wildman–Crippen MR) is 123 cm³/mol. The molecule has 0 aliphatic heterocycles. The van der Waals surface area contributed by atoms with Crippen molar-refractivity contribution in [3.8, 4) is 5.75 Å². The van der Waals surface area contributed by atoms with Crippen LogP contribution in [0.2, 0.25) is 0 Å². The van der Waals surface area contributed by atoms with Crippen LogP contribution in [0.4, 0.5) is 5.82 Å². The van der Waals surface area contributed by atoms with Gasteiger partial charge in [-0.15, -0.1) is 0 Å². The van der Waals surface area contributed by atoms with Gasteiger partial charge in [0.2, 0.25) is 10.0 Å². The molecule has 0 saturated heterocycles. The molecule has 162 valence electrons. The van der Waals surface area contributed by atoms with Crippen LogP contribution in [0.25, 0.3) is 0 Å². The van der Waals surface area contributed by atoms with Crippen LogP contribution in [0.15, 0.2) is 82.9 Å². The van der Waals surface area contributed by atoms with E-state index in [9.17, 15) is 8.42 Å². The fourth-order valence-electron chi connectivity index (χ4n) is 2.91. The van der Waals surface area contributed by atoms with Crippen LogP contribution in [-0.4, -0.2) is 37.0 Å². The summed E-state index contributed by atoms with van der Waals surface area (Å²) in [6.45, 7) is 4.93. The minimum absolute atomic E-state index is 0.161. The lowest BCUT2D eigenvalue weighted by atomic mass is 10.2. The van der Waals surface area contributed by atoms with Gasteiger partial charge < -0.3 is 4.74 Å². The molecule has 0 atom stereocenters. The van der Waals surface area contributed by atoms with Gasteiger partial charge >= 0.3 is 0 Å². The average Bonchev–Trinajstić information content (AvgIpc) is 2.80. The molecule has 1 aromatic heterocycles. The molecule has 0 fully saturated rings. The zero-order valence-electron chi connectivity index (χ0n) is 17.6. The third-order valence-corrected chi connectivity index (χ3v) is 6.61. The number of hydrogen-bond donors (Lipinski definition) is 1. The molecule has 0 spiro atoms. The van der Waals surface area contributed by atoms with E-state index in [2.05, 4.69) is 15.5 Å². The van der Waals surface area contributed by atoms with Gasteiger partial charge in [-0.3, -0.25) is 5.43 Å². The van der Waals surface area contributed by atoms with Crippen LogP contribution in [0.5, 0.6) is 5.75 Å². The van der Waals surface area contributed by atoms with Crippen LogP contribution >= 0.6 is 0 Å². The number of hydrazone groups is 1. The summed E-state index contributed by atoms with van der Waals surface area (Å²) in [4.78, 5) is 4.31. The Kier molecular flexibility index (Phi) is 7.75. The van der Waals surface area contributed by atoms with Crippen molar-refractivity contribution in [2.24, 2.45) is 5.10 Å². The summed E-state index contributed by atoms with van der Waals surface area (Å²) in [5, 5.41) is 4.18. The summed E-state index contributed by atoms with van der Waals surface area (Å²) < 4.78 is 32.2. The van der Waals surface area contributed by atoms with Gasteiger partial charge in [-0.1, -0.05) is 56.3 Å². The maximum Gasteiger partial charge on any atom is 0.244 e. The van der Waals surface area contributed by atoms with Gasteiger partial charge in [0.05, 0.1) is 6.21 Å². The minimum Gasteiger partial charge on any atom is -0.489 e. The predicted octanol–water partition coefficient (Wildman–Crippen LogP) is 4.14. The number of ether oxygens (including phenoxy) is 1. The van der Waals surface area contributed by atoms with Gasteiger partial charge in [0.1, 0.15) is 23.1 Å². The topological polar surface area (TPSA) is 83.9 Å². The number of hydrogen-bond acceptors (Lipinski definition) is 6. The van der Waals surface area contributed by atoms with Crippen molar-refractivity contribution >= 4 is 22.1 Å². The smallest absolute Gasteiger partial charge is 0.244 e. The van der Waals surface area contributed by atoms with Gasteiger partial charge in [-0.05, 0) is 35.4 Å². The van der Waals surface area contributed by atoms with Crippen LogP contribution in [-0.2, 0) is 16.6 Å². The molecule has 3 rings (SSSR count). The number of sulfonamides is 1. The number of nitrogens with one attached hydrogen (secondary N) is 1. The molecule has 3 aromatic rings. The highest BCUT2D eigenvalue weighted by Crippen LogP contribution is 2.17. The van der Waals surface area contributed by atoms with Gasteiger partial charge in [0.15, 0.2) is 0 Å². The first-order chi connectivity index (χ1) is 15.0. The van der Waals surface area contributed by atoms with Crippen molar-refractivity contribution in [1.29, 1.82) is 0 Å². The van der Waals surface area contributed by atoms with Gasteiger partial charge in [-0.25, -0.2) is 13.4 Å². The standard InChI is InChI=1S/C23H26N4O3S/c1-3-27(4-2)31(28,29)22-13-14-23(24-17-22)26-25-16-20-11-8-12-21(15-20)30-18-19-9-6-5-7-10-19/h5-17H,3-4,18H2,1-2H3,(H,24,26)/b25-16+. The zero-order chi connectivity index (χ0) is 22.1. The highest BCUT2D eigenvalue weighted by atomic mass is 32.2. The Morgan fingerprint density at radius 3 is 2.48 bits per heavy atom. The first-order valence-electron chi connectivity index (χ1n) is 10.0. The zero-order valence-corrected chi connectivity index (χ0v) is 18.4. The van der Waals surface area contributed by atoms with Crippen molar-refractivity contribution in [2.75, 3.05) is 18.5 Å². The summed E-state index contributed by atoms with van der Waals surface area (Å²) in [7, 11) is -3.52. The molecule has 1 heterocycles. The Hall–Kier alpha value is -3.23. The Morgan fingerprint density at radius 2 is 1.81 bits per heavy atom. The molecule has 31 heavy (non-hydrogen) atoms. The highest BCUT2D eigenvalue weighted by Gasteiger charge is 2.21. The number of benzene rings is 2. The van der Waals surface area contributed by atoms with Crippen molar-refractivity contribution in [3.05, 3.63) is 84.1 Å². The summed E-state index contributed by atoms with van der Waals surface area (Å²) in [5.41, 5.74) is 4.77. The number of pyridine rings is 1. The summed E-state index contributed by atoms with van der Waals surface area (Å²) >= 11 is 0. The van der Waals surface area contributed by atoms with Gasteiger partial charge in [-0.2, -0.15) is 9.41 Å². The Labute approximate surface area is 183 Å². The summed E-state index contributed by atoms with van der Waals surface area (Å²) in [5.74, 6) is 1.20. The second kappa shape index (κ2) is 10.7. The fraction of sp³-hybridized carbons (Fsp3) is 0.217. The molecular formula is C23H26N4O3S. The number of rotatable bonds is 10. The van der Waals surface area contributed by atoms with Crippen LogP contribution < -0.4 is 10.2 Å². The molecule has 0 aliphatic carbocycles. The van der Waals surface area contributed by atoms with E-state index < -0.39 is 10.0 Å². The second-order valence-corrected chi connectivity index (χ2v) is 8.62. The number of aromatic nitrogens is 1. The molecule has 2 aromatic carbocycles. The SMILES string of the molecule is CCN(CC)S(=O)(=O)c1ccc(N/N=C/c2cccc(OCc3ccccc3)c2)nc1. The second-order valence-electron chi connectivity index (χ2n) is 6.69. The van der Waals surface area contributed by atoms with Crippen LogP contribution in [0.1, 0.15) is 25.0 Å². The average molecular weight is 439 g/mol. The van der Waals surface area contributed by atoms with E-state index in [0.29, 0.717) is 25.5 Å². The third kappa shape index (κ3) is 6.13. The van der Waals surface area contributed by atoms with E-state index in [0.717, 1.165) is 16.9 Å². The largest absolute Gasteiger partial charge is 0.489 e. The molecule has 0 unspecified atom stereocenters. The Bertz CT molecular complexity index is 1100. The molecular weight excluding hydrogens is 412 g/mol. The maximum absolute atomic E-state index is 12.5. The van der Waals surface area contributed by atoms with Crippen molar-refractivity contribution in [1.82, 2.24) is 9.29 Å². The lowest BCUT2D eigenvalue weighted by Gasteiger charge is -2.18. The quantitative estimate of drug-likeness (QED) is 0.380. The van der Waals surface area contributed by atoms with E-state index >= 15 is 0 Å². The molecule has 1 N–H and O–H groups in total. The molecule has 0 radical (unpaired) electrons. The first kappa shape index (κ1) is 22.5. The number of nitrogens with zero attached hydrogens (tertiary/aromatic N) is 3. The van der Waals surface area contributed by atoms with E-state index in [1.165, 1.54) is 16.6 Å². The van der Waals surface area contributed by atoms with E-state index in [1.54, 1.807) is 26.1 Å². The van der Waals surface area contributed by atoms with Crippen molar-refractivity contribution in [3.63, 3.8) is 0 Å². The molecule has 0 bridgehead atoms. The number of anilines is 1. The lowest BCUT2D eigenvalue weighted by Crippen LogP contribution is -2.30. The Balaban J connectivity index is 1.59. The Morgan fingerprint density at radius 1 is 1.03 bits per heavy atom. The van der Waals surface area contributed by atoms with Crippen LogP contribution in [0, 0.1) is 0 Å². The monoisotopic (exact) mass is 438 g/mol. The molecule has 0 aliphatic rings. The molecule has 0 saturated carbocycles. The van der Waals surface area contributed by atoms with Gasteiger partial charge in [0.25, 0.3) is 0 Å². The molecule has 8 heteroatoms. The maximum atomic E-state index is 12.5. The minimum atomic E-state index is -3.52. The summed E-state index contributed by atoms with van der Waals surface area (Å²) in [6, 6.07) is 20.7. The first-order valence-corrected chi connectivity index (χ1v) is 11.5. The highest BCUT2D eigenvalue weighted by molar-refractivity contribution is 7.89. The van der Waals surface area contributed by atoms with Crippen LogP contribution in [0.3, 0.4) is 0 Å². The lowest BCUT2D eigenvalue weighted by molar-refractivity contribution is 0.306. The third-order valence-electron chi connectivity index (χ3n) is 4.58. The van der Waals surface area contributed by atoms with Gasteiger partial charge in [0, 0.05) is 19.3 Å². The summed E-state index contributed by atoms with van der Waals surface area (Å²) in [6.07, 6.45) is 2.99. The molecule has 7 nitrogen and oxygen atoms in total.